The zero-order valence-corrected chi connectivity index (χ0v) is 24.0. The van der Waals surface area contributed by atoms with E-state index >= 15 is 0 Å². The van der Waals surface area contributed by atoms with Gasteiger partial charge in [0.15, 0.2) is 0 Å². The number of hydrogen-bond donors (Lipinski definition) is 4. The van der Waals surface area contributed by atoms with Gasteiger partial charge in [-0.25, -0.2) is 0 Å². The summed E-state index contributed by atoms with van der Waals surface area (Å²) in [5.74, 6) is -1.84. The molecule has 2 aromatic carbocycles. The van der Waals surface area contributed by atoms with E-state index in [-0.39, 0.29) is 45.8 Å². The third kappa shape index (κ3) is 10.7. The fourth-order valence-electron chi connectivity index (χ4n) is 4.10. The number of fused-ring (bicyclic) bond motifs is 1. The van der Waals surface area contributed by atoms with Crippen molar-refractivity contribution in [2.24, 2.45) is 0 Å². The van der Waals surface area contributed by atoms with Gasteiger partial charge in [-0.1, -0.05) is 67.9 Å². The Morgan fingerprint density at radius 3 is 1.93 bits per heavy atom. The lowest BCUT2D eigenvalue weighted by atomic mass is 10.0. The van der Waals surface area contributed by atoms with Gasteiger partial charge in [0.1, 0.15) is 28.8 Å². The summed E-state index contributed by atoms with van der Waals surface area (Å²) in [7, 11) is 0. The molecule has 0 spiro atoms. The number of carbonyl (C=O) groups excluding carboxylic acids is 1. The van der Waals surface area contributed by atoms with Crippen molar-refractivity contribution in [1.29, 1.82) is 0 Å². The standard InChI is InChI=1S/C34H44O6/c1-4-5-6-7-8-9-10-11-12-13-14-15-16-17-18-19-31(38)40-30(23-20-25(2)3)26-24-29(37)32-27(35)21-22-28(36)33(32)34(26)39/h8-9,11-12,14-15,20-24,35-37,39H,4-7,10,13,16-19H2,1-3H3/b9-8+,12-11+,15-14+,30-23-. The van der Waals surface area contributed by atoms with Gasteiger partial charge in [-0.3, -0.25) is 4.79 Å². The molecule has 0 aliphatic heterocycles. The molecule has 0 atom stereocenters. The van der Waals surface area contributed by atoms with Crippen molar-refractivity contribution in [3.05, 3.63) is 77.9 Å². The molecule has 0 unspecified atom stereocenters. The summed E-state index contributed by atoms with van der Waals surface area (Å²) >= 11 is 0. The van der Waals surface area contributed by atoms with Crippen molar-refractivity contribution >= 4 is 22.5 Å². The predicted octanol–water partition coefficient (Wildman–Crippen LogP) is 9.10. The van der Waals surface area contributed by atoms with Gasteiger partial charge in [0.2, 0.25) is 0 Å². The number of hydrogen-bond acceptors (Lipinski definition) is 6. The van der Waals surface area contributed by atoms with Crippen molar-refractivity contribution in [2.75, 3.05) is 0 Å². The summed E-state index contributed by atoms with van der Waals surface area (Å²) in [6.07, 6.45) is 25.7. The Kier molecular flexibility index (Phi) is 14.2. The minimum absolute atomic E-state index is 0.0275. The fourth-order valence-corrected chi connectivity index (χ4v) is 4.10. The highest BCUT2D eigenvalue weighted by atomic mass is 16.5. The number of ether oxygens (including phenoxy) is 1. The van der Waals surface area contributed by atoms with Crippen LogP contribution in [0.5, 0.6) is 23.0 Å². The van der Waals surface area contributed by atoms with Crippen molar-refractivity contribution in [2.45, 2.75) is 85.0 Å². The highest BCUT2D eigenvalue weighted by molar-refractivity contribution is 6.04. The molecule has 0 aliphatic carbocycles. The van der Waals surface area contributed by atoms with Crippen LogP contribution in [0.4, 0.5) is 0 Å². The van der Waals surface area contributed by atoms with E-state index in [4.69, 9.17) is 4.74 Å². The second kappa shape index (κ2) is 17.6. The molecule has 0 saturated carbocycles. The molecule has 6 nitrogen and oxygen atoms in total. The quantitative estimate of drug-likeness (QED) is 0.0416. The number of phenolic OH excluding ortho intramolecular Hbond substituents is 4. The molecule has 0 aliphatic rings. The molecule has 0 heterocycles. The first kappa shape index (κ1) is 32.3. The molecule has 2 rings (SSSR count). The second-order valence-electron chi connectivity index (χ2n) is 10.0. The van der Waals surface area contributed by atoms with E-state index in [0.717, 1.165) is 37.7 Å². The van der Waals surface area contributed by atoms with Crippen LogP contribution in [-0.4, -0.2) is 26.4 Å². The maximum atomic E-state index is 12.6. The van der Waals surface area contributed by atoms with Crippen LogP contribution in [0, 0.1) is 0 Å². The Bertz CT molecular complexity index is 1260. The lowest BCUT2D eigenvalue weighted by molar-refractivity contribution is -0.136. The number of unbranched alkanes of at least 4 members (excludes halogenated alkanes) is 5. The van der Waals surface area contributed by atoms with Crippen LogP contribution in [0.3, 0.4) is 0 Å². The summed E-state index contributed by atoms with van der Waals surface area (Å²) in [6.45, 7) is 5.95. The minimum Gasteiger partial charge on any atom is -0.507 e. The van der Waals surface area contributed by atoms with Crippen LogP contribution in [0.25, 0.3) is 16.5 Å². The Hall–Kier alpha value is -3.93. The van der Waals surface area contributed by atoms with E-state index in [2.05, 4.69) is 43.4 Å². The number of allylic oxidation sites excluding steroid dienone is 9. The average molecular weight is 549 g/mol. The summed E-state index contributed by atoms with van der Waals surface area (Å²) in [4.78, 5) is 12.6. The molecular weight excluding hydrogens is 504 g/mol. The number of phenols is 4. The van der Waals surface area contributed by atoms with E-state index in [9.17, 15) is 25.2 Å². The lowest BCUT2D eigenvalue weighted by Crippen LogP contribution is -2.04. The maximum Gasteiger partial charge on any atom is 0.311 e. The Balaban J connectivity index is 1.90. The molecule has 2 aromatic rings. The van der Waals surface area contributed by atoms with Crippen LogP contribution in [0.1, 0.15) is 90.5 Å². The number of carbonyl (C=O) groups is 1. The zero-order valence-electron chi connectivity index (χ0n) is 24.0. The Morgan fingerprint density at radius 2 is 1.32 bits per heavy atom. The van der Waals surface area contributed by atoms with Crippen LogP contribution in [0.15, 0.2) is 72.4 Å². The van der Waals surface area contributed by atoms with Crippen molar-refractivity contribution in [3.63, 3.8) is 0 Å². The van der Waals surface area contributed by atoms with Crippen molar-refractivity contribution in [3.8, 4) is 23.0 Å². The van der Waals surface area contributed by atoms with Gasteiger partial charge in [-0.05, 0) is 83.1 Å². The number of rotatable bonds is 16. The maximum absolute atomic E-state index is 12.6. The first-order valence-electron chi connectivity index (χ1n) is 14.2. The van der Waals surface area contributed by atoms with Gasteiger partial charge in [0, 0.05) is 6.42 Å². The van der Waals surface area contributed by atoms with Crippen molar-refractivity contribution in [1.82, 2.24) is 0 Å². The predicted molar refractivity (Wildman–Crippen MR) is 163 cm³/mol. The SMILES string of the molecule is CCCCC/C=C/C/C=C/C/C=C/CCCCC(=O)O/C(=C\C=C(C)C)c1cc(O)c2c(O)ccc(O)c2c1O. The van der Waals surface area contributed by atoms with Crippen molar-refractivity contribution < 1.29 is 30.0 Å². The monoisotopic (exact) mass is 548 g/mol. The molecule has 6 heteroatoms. The molecule has 0 saturated heterocycles. The van der Waals surface area contributed by atoms with Gasteiger partial charge >= 0.3 is 5.97 Å². The van der Waals surface area contributed by atoms with E-state index in [1.807, 2.05) is 13.8 Å². The third-order valence-corrected chi connectivity index (χ3v) is 6.27. The Labute approximate surface area is 238 Å². The van der Waals surface area contributed by atoms with Crippen LogP contribution >= 0.6 is 0 Å². The first-order valence-corrected chi connectivity index (χ1v) is 14.2. The van der Waals surface area contributed by atoms with Gasteiger partial charge in [-0.15, -0.1) is 0 Å². The summed E-state index contributed by atoms with van der Waals surface area (Å²) in [5.41, 5.74) is 0.957. The number of esters is 1. The van der Waals surface area contributed by atoms with Gasteiger partial charge in [0.05, 0.1) is 16.3 Å². The van der Waals surface area contributed by atoms with E-state index in [0.29, 0.717) is 6.42 Å². The second-order valence-corrected chi connectivity index (χ2v) is 10.0. The largest absolute Gasteiger partial charge is 0.507 e. The molecule has 0 aromatic heterocycles. The molecule has 0 radical (unpaired) electrons. The molecule has 40 heavy (non-hydrogen) atoms. The smallest absolute Gasteiger partial charge is 0.311 e. The molecular formula is C34H44O6. The number of benzene rings is 2. The lowest BCUT2D eigenvalue weighted by Gasteiger charge is -2.15. The summed E-state index contributed by atoms with van der Waals surface area (Å²) in [5, 5.41) is 41.6. The van der Waals surface area contributed by atoms with Gasteiger partial charge < -0.3 is 25.2 Å². The van der Waals surface area contributed by atoms with Crippen LogP contribution in [-0.2, 0) is 9.53 Å². The number of aromatic hydroxyl groups is 4. The Morgan fingerprint density at radius 1 is 0.750 bits per heavy atom. The molecule has 0 amide bonds. The molecule has 0 bridgehead atoms. The summed E-state index contributed by atoms with van der Waals surface area (Å²) < 4.78 is 5.59. The minimum atomic E-state index is -0.470. The van der Waals surface area contributed by atoms with E-state index in [1.165, 1.54) is 43.5 Å². The summed E-state index contributed by atoms with van der Waals surface area (Å²) in [6, 6.07) is 3.64. The van der Waals surface area contributed by atoms with Gasteiger partial charge in [0.25, 0.3) is 0 Å². The average Bonchev–Trinajstić information content (AvgIpc) is 2.92. The van der Waals surface area contributed by atoms with Crippen LogP contribution in [0.2, 0.25) is 0 Å². The zero-order chi connectivity index (χ0) is 29.3. The highest BCUT2D eigenvalue weighted by Gasteiger charge is 2.21. The van der Waals surface area contributed by atoms with E-state index in [1.54, 1.807) is 6.08 Å². The highest BCUT2D eigenvalue weighted by Crippen LogP contribution is 2.46. The normalized spacial score (nSPS) is 12.2. The molecule has 4 N–H and O–H groups in total. The molecule has 216 valence electrons. The van der Waals surface area contributed by atoms with Gasteiger partial charge in [-0.2, -0.15) is 0 Å². The van der Waals surface area contributed by atoms with E-state index < -0.39 is 11.7 Å². The molecule has 0 fully saturated rings. The fraction of sp³-hybridized carbons (Fsp3) is 0.382. The topological polar surface area (TPSA) is 107 Å². The first-order chi connectivity index (χ1) is 19.3. The third-order valence-electron chi connectivity index (χ3n) is 6.27. The van der Waals surface area contributed by atoms with Crippen LogP contribution < -0.4 is 0 Å².